The number of halogens is 1. The smallest absolute Gasteiger partial charge is 0.213 e. The molecular weight excluding hydrogens is 323 g/mol. The molecule has 25 heavy (non-hydrogen) atoms. The van der Waals surface area contributed by atoms with E-state index in [0.29, 0.717) is 32.3 Å². The quantitative estimate of drug-likeness (QED) is 0.500. The summed E-state index contributed by atoms with van der Waals surface area (Å²) in [7, 11) is 0. The van der Waals surface area contributed by atoms with Crippen LogP contribution in [0.15, 0.2) is 42.6 Å². The number of ether oxygens (including phenoxy) is 3. The van der Waals surface area contributed by atoms with Crippen LogP contribution in [0, 0.1) is 0 Å². The maximum atomic E-state index is 11.8. The second kappa shape index (κ2) is 11.2. The van der Waals surface area contributed by atoms with Crippen LogP contribution in [0.4, 0.5) is 10.1 Å². The zero-order chi connectivity index (χ0) is 17.7. The minimum atomic E-state index is -0.472. The number of nitrogens with two attached hydrogens (primary N) is 1. The summed E-state index contributed by atoms with van der Waals surface area (Å²) in [4.78, 5) is 4.25. The zero-order valence-corrected chi connectivity index (χ0v) is 14.1. The first-order valence-corrected chi connectivity index (χ1v) is 8.12. The van der Waals surface area contributed by atoms with Gasteiger partial charge in [-0.05, 0) is 29.3 Å². The molecule has 2 aromatic rings. The fourth-order valence-electron chi connectivity index (χ4n) is 1.96. The van der Waals surface area contributed by atoms with Gasteiger partial charge in [-0.3, -0.25) is 0 Å². The molecule has 1 heterocycles. The molecule has 0 amide bonds. The number of anilines is 1. The Balaban J connectivity index is 1.66. The number of hydrogen-bond donors (Lipinski definition) is 1. The van der Waals surface area contributed by atoms with Crippen LogP contribution in [0.5, 0.6) is 5.88 Å². The second-order valence-corrected chi connectivity index (χ2v) is 5.19. The van der Waals surface area contributed by atoms with E-state index in [1.807, 2.05) is 48.6 Å². The predicted octanol–water partition coefficient (Wildman–Crippen LogP) is 3.22. The van der Waals surface area contributed by atoms with Crippen LogP contribution in [-0.2, 0) is 9.47 Å². The van der Waals surface area contributed by atoms with Crippen LogP contribution < -0.4 is 10.5 Å². The Bertz CT molecular complexity index is 630. The van der Waals surface area contributed by atoms with E-state index >= 15 is 0 Å². The molecule has 0 atom stereocenters. The Hall–Kier alpha value is -2.44. The molecule has 1 aromatic heterocycles. The van der Waals surface area contributed by atoms with Crippen molar-refractivity contribution in [2.75, 3.05) is 45.4 Å². The van der Waals surface area contributed by atoms with Crippen LogP contribution in [0.25, 0.3) is 12.2 Å². The SMILES string of the molecule is Nc1ccc(C=Cc2ccc(OCCOCCOCCF)nc2)cc1. The highest BCUT2D eigenvalue weighted by Gasteiger charge is 1.96. The normalized spacial score (nSPS) is 11.1. The van der Waals surface area contributed by atoms with Crippen LogP contribution in [-0.4, -0.2) is 44.7 Å². The molecule has 6 heteroatoms. The van der Waals surface area contributed by atoms with Crippen molar-refractivity contribution in [2.45, 2.75) is 0 Å². The average Bonchev–Trinajstić information content (AvgIpc) is 2.64. The van der Waals surface area contributed by atoms with E-state index in [1.54, 1.807) is 6.20 Å². The summed E-state index contributed by atoms with van der Waals surface area (Å²) in [5.41, 5.74) is 8.46. The number of pyridine rings is 1. The van der Waals surface area contributed by atoms with Gasteiger partial charge in [0.25, 0.3) is 0 Å². The third-order valence-corrected chi connectivity index (χ3v) is 3.24. The summed E-state index contributed by atoms with van der Waals surface area (Å²) in [5, 5.41) is 0. The van der Waals surface area contributed by atoms with Gasteiger partial charge in [-0.25, -0.2) is 9.37 Å². The Morgan fingerprint density at radius 1 is 0.840 bits per heavy atom. The Morgan fingerprint density at radius 2 is 1.48 bits per heavy atom. The first kappa shape index (κ1) is 18.9. The second-order valence-electron chi connectivity index (χ2n) is 5.19. The molecular formula is C19H23FN2O3. The molecule has 0 radical (unpaired) electrons. The third-order valence-electron chi connectivity index (χ3n) is 3.24. The molecule has 0 spiro atoms. The molecule has 0 aliphatic heterocycles. The van der Waals surface area contributed by atoms with Gasteiger partial charge < -0.3 is 19.9 Å². The van der Waals surface area contributed by atoms with E-state index in [2.05, 4.69) is 4.98 Å². The lowest BCUT2D eigenvalue weighted by atomic mass is 10.1. The maximum absolute atomic E-state index is 11.8. The van der Waals surface area contributed by atoms with Crippen molar-refractivity contribution < 1.29 is 18.6 Å². The largest absolute Gasteiger partial charge is 0.475 e. The highest BCUT2D eigenvalue weighted by Crippen LogP contribution is 2.12. The Kier molecular flexibility index (Phi) is 8.44. The van der Waals surface area contributed by atoms with E-state index in [0.717, 1.165) is 16.8 Å². The predicted molar refractivity (Wildman–Crippen MR) is 97.1 cm³/mol. The van der Waals surface area contributed by atoms with E-state index in [9.17, 15) is 4.39 Å². The molecule has 0 aliphatic rings. The number of nitrogen functional groups attached to an aromatic ring is 1. The average molecular weight is 346 g/mol. The fourth-order valence-corrected chi connectivity index (χ4v) is 1.96. The van der Waals surface area contributed by atoms with Crippen molar-refractivity contribution in [2.24, 2.45) is 0 Å². The van der Waals surface area contributed by atoms with Crippen molar-refractivity contribution in [3.8, 4) is 5.88 Å². The van der Waals surface area contributed by atoms with Gasteiger partial charge in [-0.2, -0.15) is 0 Å². The van der Waals surface area contributed by atoms with Crippen molar-refractivity contribution in [3.05, 3.63) is 53.7 Å². The van der Waals surface area contributed by atoms with Crippen LogP contribution >= 0.6 is 0 Å². The summed E-state index contributed by atoms with van der Waals surface area (Å²) in [6.07, 6.45) is 5.72. The van der Waals surface area contributed by atoms with Crippen LogP contribution in [0.2, 0.25) is 0 Å². The first-order chi connectivity index (χ1) is 12.3. The molecule has 2 N–H and O–H groups in total. The Morgan fingerprint density at radius 3 is 2.16 bits per heavy atom. The van der Waals surface area contributed by atoms with E-state index in [4.69, 9.17) is 19.9 Å². The zero-order valence-electron chi connectivity index (χ0n) is 14.1. The van der Waals surface area contributed by atoms with E-state index in [1.165, 1.54) is 0 Å². The molecule has 134 valence electrons. The minimum Gasteiger partial charge on any atom is -0.475 e. The van der Waals surface area contributed by atoms with Gasteiger partial charge in [-0.1, -0.05) is 24.3 Å². The van der Waals surface area contributed by atoms with Gasteiger partial charge >= 0.3 is 0 Å². The molecule has 1 aromatic carbocycles. The molecule has 0 fully saturated rings. The van der Waals surface area contributed by atoms with Crippen molar-refractivity contribution in [1.29, 1.82) is 0 Å². The van der Waals surface area contributed by atoms with Crippen molar-refractivity contribution in [3.63, 3.8) is 0 Å². The van der Waals surface area contributed by atoms with Crippen LogP contribution in [0.3, 0.4) is 0 Å². The number of nitrogens with zero attached hydrogens (tertiary/aromatic N) is 1. The number of benzene rings is 1. The lowest BCUT2D eigenvalue weighted by molar-refractivity contribution is 0.0320. The summed E-state index contributed by atoms with van der Waals surface area (Å²) in [6.45, 7) is 1.28. The highest BCUT2D eigenvalue weighted by atomic mass is 19.1. The molecule has 2 rings (SSSR count). The van der Waals surface area contributed by atoms with Gasteiger partial charge in [0.05, 0.1) is 26.4 Å². The minimum absolute atomic E-state index is 0.114. The Labute approximate surface area is 147 Å². The van der Waals surface area contributed by atoms with Crippen molar-refractivity contribution >= 4 is 17.8 Å². The monoisotopic (exact) mass is 346 g/mol. The number of hydrogen-bond acceptors (Lipinski definition) is 5. The summed E-state index contributed by atoms with van der Waals surface area (Å²) in [5.74, 6) is 0.543. The standard InChI is InChI=1S/C19H23FN2O3/c20-9-10-23-11-12-24-13-14-25-19-8-5-17(15-22-19)2-1-16-3-6-18(21)7-4-16/h1-8,15H,9-14,21H2. The number of rotatable bonds is 11. The molecule has 0 saturated heterocycles. The molecule has 0 unspecified atom stereocenters. The molecule has 5 nitrogen and oxygen atoms in total. The van der Waals surface area contributed by atoms with Gasteiger partial charge in [0, 0.05) is 18.0 Å². The third kappa shape index (κ3) is 7.78. The van der Waals surface area contributed by atoms with Gasteiger partial charge in [-0.15, -0.1) is 0 Å². The summed E-state index contributed by atoms with van der Waals surface area (Å²) >= 11 is 0. The van der Waals surface area contributed by atoms with Gasteiger partial charge in [0.1, 0.15) is 13.3 Å². The number of alkyl halides is 1. The molecule has 0 bridgehead atoms. The van der Waals surface area contributed by atoms with E-state index < -0.39 is 6.67 Å². The highest BCUT2D eigenvalue weighted by molar-refractivity contribution is 5.69. The van der Waals surface area contributed by atoms with Crippen molar-refractivity contribution in [1.82, 2.24) is 4.98 Å². The van der Waals surface area contributed by atoms with E-state index in [-0.39, 0.29) is 6.61 Å². The first-order valence-electron chi connectivity index (χ1n) is 8.12. The topological polar surface area (TPSA) is 66.6 Å². The summed E-state index contributed by atoms with van der Waals surface area (Å²) < 4.78 is 27.5. The number of aromatic nitrogens is 1. The van der Waals surface area contributed by atoms with Gasteiger partial charge in [0.2, 0.25) is 5.88 Å². The summed E-state index contributed by atoms with van der Waals surface area (Å²) in [6, 6.07) is 11.4. The molecule has 0 saturated carbocycles. The maximum Gasteiger partial charge on any atom is 0.213 e. The lowest BCUT2D eigenvalue weighted by Crippen LogP contribution is -2.11. The molecule has 0 aliphatic carbocycles. The lowest BCUT2D eigenvalue weighted by Gasteiger charge is -2.06. The van der Waals surface area contributed by atoms with Gasteiger partial charge in [0.15, 0.2) is 0 Å². The van der Waals surface area contributed by atoms with Crippen LogP contribution in [0.1, 0.15) is 11.1 Å². The fraction of sp³-hybridized carbons (Fsp3) is 0.316.